The number of likely N-dealkylation sites (N-methyl/N-ethyl adjacent to an activating group) is 1. The standard InChI is InChI=1S/C29H35N3O9/c1-11-13-9-7-12(8-10-14(33)31-28(2,3)4)21(34)16(13)22(35)17-15(11)23(36)19-20(32(5)6)24(37)18(27(30)40)26(39)29(19,41)25(17)38/h7-11,15,19-20,23,34-36,39,41H,1-6H3,(H2,30,40)(H,31,33)/b10-8-/t11-,15+,19+,20-,23-,29-/m1/s1. The molecule has 0 bridgehead atoms. The lowest BCUT2D eigenvalue weighted by molar-refractivity contribution is -0.169. The summed E-state index contributed by atoms with van der Waals surface area (Å²) in [4.78, 5) is 52.9. The number of benzene rings is 1. The molecule has 2 amide bonds. The number of nitrogens with zero attached hydrogens (tertiary/aromatic N) is 1. The molecule has 3 aliphatic rings. The number of aliphatic hydroxyl groups is 4. The third kappa shape index (κ3) is 4.42. The number of Topliss-reactive ketones (excluding diaryl/α,β-unsaturated/α-hetero) is 2. The van der Waals surface area contributed by atoms with Gasteiger partial charge in [-0.1, -0.05) is 19.1 Å². The molecular weight excluding hydrogens is 534 g/mol. The van der Waals surface area contributed by atoms with Gasteiger partial charge in [0.05, 0.1) is 23.6 Å². The van der Waals surface area contributed by atoms with Gasteiger partial charge in [-0.3, -0.25) is 24.1 Å². The van der Waals surface area contributed by atoms with E-state index in [1.165, 1.54) is 37.2 Å². The van der Waals surface area contributed by atoms with Crippen LogP contribution in [-0.4, -0.2) is 91.2 Å². The van der Waals surface area contributed by atoms with Crippen LogP contribution in [0.5, 0.6) is 5.75 Å². The number of ketones is 2. The summed E-state index contributed by atoms with van der Waals surface area (Å²) in [5.41, 5.74) is 0.725. The Morgan fingerprint density at radius 2 is 1.73 bits per heavy atom. The number of hydrogen-bond acceptors (Lipinski definition) is 10. The summed E-state index contributed by atoms with van der Waals surface area (Å²) >= 11 is 0. The van der Waals surface area contributed by atoms with E-state index in [4.69, 9.17) is 5.73 Å². The van der Waals surface area contributed by atoms with Gasteiger partial charge in [0.2, 0.25) is 11.7 Å². The van der Waals surface area contributed by atoms with Crippen LogP contribution >= 0.6 is 0 Å². The number of hydrogen-bond donors (Lipinski definition) is 7. The van der Waals surface area contributed by atoms with Crippen molar-refractivity contribution in [2.45, 2.75) is 56.9 Å². The minimum Gasteiger partial charge on any atom is -0.508 e. The van der Waals surface area contributed by atoms with E-state index in [-0.39, 0.29) is 11.1 Å². The number of primary amides is 1. The Morgan fingerprint density at radius 3 is 2.27 bits per heavy atom. The molecule has 0 saturated heterocycles. The molecule has 0 aromatic heterocycles. The molecule has 1 saturated carbocycles. The highest BCUT2D eigenvalue weighted by atomic mass is 16.4. The molecule has 220 valence electrons. The Bertz CT molecular complexity index is 1470. The second kappa shape index (κ2) is 9.82. The monoisotopic (exact) mass is 569 g/mol. The van der Waals surface area contributed by atoms with Crippen LogP contribution in [0.4, 0.5) is 0 Å². The van der Waals surface area contributed by atoms with Crippen LogP contribution in [0.15, 0.2) is 35.1 Å². The Morgan fingerprint density at radius 1 is 1.12 bits per heavy atom. The molecule has 1 aromatic carbocycles. The Hall–Kier alpha value is -4.00. The van der Waals surface area contributed by atoms with Crippen molar-refractivity contribution in [2.24, 2.45) is 17.6 Å². The molecule has 6 atom stereocenters. The van der Waals surface area contributed by atoms with Crippen LogP contribution in [0, 0.1) is 11.8 Å². The SMILES string of the molecule is C[C@@H]1c2ccc(/C=C\C(=O)NC(C)(C)C)c(O)c2C(O)=C2C(=O)[C@@]3(O)C(O)=C(C(N)=O)C(=O)[C@H](N(C)C)[C@H]3[C@H](O)[C@H]21. The fraction of sp³-hybridized carbons (Fsp3) is 0.448. The second-order valence-corrected chi connectivity index (χ2v) is 12.1. The average Bonchev–Trinajstić information content (AvgIpc) is 2.84. The summed E-state index contributed by atoms with van der Waals surface area (Å²) in [6, 6.07) is 1.66. The van der Waals surface area contributed by atoms with Crippen molar-refractivity contribution in [3.05, 3.63) is 51.8 Å². The number of nitrogens with two attached hydrogens (primary N) is 1. The van der Waals surface area contributed by atoms with E-state index in [0.717, 1.165) is 0 Å². The summed E-state index contributed by atoms with van der Waals surface area (Å²) in [5.74, 6) is -10.0. The molecule has 0 spiro atoms. The summed E-state index contributed by atoms with van der Waals surface area (Å²) < 4.78 is 0. The van der Waals surface area contributed by atoms with Crippen molar-refractivity contribution in [1.29, 1.82) is 0 Å². The first-order valence-corrected chi connectivity index (χ1v) is 13.0. The molecule has 12 nitrogen and oxygen atoms in total. The van der Waals surface area contributed by atoms with Gasteiger partial charge in [-0.15, -0.1) is 0 Å². The summed E-state index contributed by atoms with van der Waals surface area (Å²) in [7, 11) is 2.89. The maximum atomic E-state index is 14.0. The first-order valence-electron chi connectivity index (χ1n) is 13.0. The van der Waals surface area contributed by atoms with Crippen molar-refractivity contribution in [2.75, 3.05) is 14.1 Å². The number of fused-ring (bicyclic) bond motifs is 3. The number of aromatic hydroxyl groups is 1. The number of amides is 2. The van der Waals surface area contributed by atoms with Gasteiger partial charge in [-0.05, 0) is 52.4 Å². The number of nitrogens with one attached hydrogen (secondary N) is 1. The van der Waals surface area contributed by atoms with Crippen molar-refractivity contribution in [3.8, 4) is 5.75 Å². The number of phenols is 1. The van der Waals surface area contributed by atoms with Crippen LogP contribution in [-0.2, 0) is 19.2 Å². The van der Waals surface area contributed by atoms with E-state index < -0.39 is 92.8 Å². The van der Waals surface area contributed by atoms with Crippen LogP contribution < -0.4 is 11.1 Å². The molecule has 0 heterocycles. The van der Waals surface area contributed by atoms with Gasteiger partial charge in [0.1, 0.15) is 22.8 Å². The van der Waals surface area contributed by atoms with Gasteiger partial charge in [0.15, 0.2) is 11.4 Å². The predicted molar refractivity (Wildman–Crippen MR) is 147 cm³/mol. The second-order valence-electron chi connectivity index (χ2n) is 12.1. The maximum Gasteiger partial charge on any atom is 0.255 e. The third-order valence-electron chi connectivity index (χ3n) is 8.07. The topological polar surface area (TPSA) is 211 Å². The van der Waals surface area contributed by atoms with Gasteiger partial charge in [0, 0.05) is 28.7 Å². The molecule has 1 aromatic rings. The molecule has 41 heavy (non-hydrogen) atoms. The highest BCUT2D eigenvalue weighted by Crippen LogP contribution is 2.56. The fourth-order valence-corrected chi connectivity index (χ4v) is 6.34. The molecular formula is C29H35N3O9. The lowest BCUT2D eigenvalue weighted by Crippen LogP contribution is -2.70. The molecule has 0 unspecified atom stereocenters. The van der Waals surface area contributed by atoms with Crippen LogP contribution in [0.3, 0.4) is 0 Å². The van der Waals surface area contributed by atoms with Crippen LogP contribution in [0.2, 0.25) is 0 Å². The number of carbonyl (C=O) groups excluding carboxylic acids is 4. The van der Waals surface area contributed by atoms with E-state index in [2.05, 4.69) is 5.32 Å². The normalized spacial score (nSPS) is 29.9. The van der Waals surface area contributed by atoms with Crippen molar-refractivity contribution < 1.29 is 44.7 Å². The zero-order valence-corrected chi connectivity index (χ0v) is 23.6. The van der Waals surface area contributed by atoms with Gasteiger partial charge in [0.25, 0.3) is 5.91 Å². The van der Waals surface area contributed by atoms with E-state index in [9.17, 15) is 44.7 Å². The number of rotatable bonds is 4. The quantitative estimate of drug-likeness (QED) is 0.196. The minimum atomic E-state index is -2.98. The van der Waals surface area contributed by atoms with E-state index in [0.29, 0.717) is 5.56 Å². The zero-order chi connectivity index (χ0) is 30.9. The van der Waals surface area contributed by atoms with Crippen molar-refractivity contribution >= 4 is 35.2 Å². The smallest absolute Gasteiger partial charge is 0.255 e. The molecule has 0 aliphatic heterocycles. The van der Waals surface area contributed by atoms with E-state index in [1.54, 1.807) is 33.8 Å². The lowest BCUT2D eigenvalue weighted by Gasteiger charge is -2.53. The fourth-order valence-electron chi connectivity index (χ4n) is 6.34. The van der Waals surface area contributed by atoms with Gasteiger partial charge in [-0.2, -0.15) is 0 Å². The average molecular weight is 570 g/mol. The lowest BCUT2D eigenvalue weighted by atomic mass is 9.54. The third-order valence-corrected chi connectivity index (χ3v) is 8.07. The number of carbonyl (C=O) groups is 4. The summed E-state index contributed by atoms with van der Waals surface area (Å²) in [5, 5.41) is 59.6. The molecule has 0 radical (unpaired) electrons. The van der Waals surface area contributed by atoms with Crippen molar-refractivity contribution in [1.82, 2.24) is 10.2 Å². The van der Waals surface area contributed by atoms with Gasteiger partial charge in [-0.25, -0.2) is 0 Å². The summed E-state index contributed by atoms with van der Waals surface area (Å²) in [6.45, 7) is 7.04. The molecule has 1 fully saturated rings. The Kier molecular flexibility index (Phi) is 7.18. The highest BCUT2D eigenvalue weighted by molar-refractivity contribution is 6.24. The first-order chi connectivity index (χ1) is 18.9. The molecule has 3 aliphatic carbocycles. The largest absolute Gasteiger partial charge is 0.508 e. The van der Waals surface area contributed by atoms with Crippen LogP contribution in [0.1, 0.15) is 50.3 Å². The number of aliphatic hydroxyl groups excluding tert-OH is 3. The highest BCUT2D eigenvalue weighted by Gasteiger charge is 2.68. The minimum absolute atomic E-state index is 0.140. The summed E-state index contributed by atoms with van der Waals surface area (Å²) in [6.07, 6.45) is 0.853. The van der Waals surface area contributed by atoms with E-state index in [1.807, 2.05) is 0 Å². The predicted octanol–water partition coefficient (Wildman–Crippen LogP) is 0.424. The van der Waals surface area contributed by atoms with Gasteiger partial charge >= 0.3 is 0 Å². The Balaban J connectivity index is 1.92. The van der Waals surface area contributed by atoms with E-state index >= 15 is 0 Å². The molecule has 8 N–H and O–H groups in total. The van der Waals surface area contributed by atoms with Gasteiger partial charge < -0.3 is 36.6 Å². The molecule has 4 rings (SSSR count). The maximum absolute atomic E-state index is 14.0. The number of phenolic OH excluding ortho intramolecular Hbond substituents is 1. The molecule has 12 heteroatoms. The first kappa shape index (κ1) is 30.0. The Labute approximate surface area is 236 Å². The van der Waals surface area contributed by atoms with Crippen molar-refractivity contribution in [3.63, 3.8) is 0 Å². The van der Waals surface area contributed by atoms with Crippen LogP contribution in [0.25, 0.3) is 11.8 Å². The zero-order valence-electron chi connectivity index (χ0n) is 23.6.